The number of imidazole rings is 1. The number of carboxylic acid groups (broad SMARTS) is 1. The van der Waals surface area contributed by atoms with E-state index in [4.69, 9.17) is 10.6 Å². The molecule has 14 nitrogen and oxygen atoms in total. The maximum atomic E-state index is 13.1. The Labute approximate surface area is 294 Å². The van der Waals surface area contributed by atoms with Gasteiger partial charge >= 0.3 is 29.6 Å². The molecule has 0 aliphatic carbocycles. The second-order valence-electron chi connectivity index (χ2n) is 9.36. The maximum absolute atomic E-state index is 13.1. The van der Waals surface area contributed by atoms with E-state index in [0.29, 0.717) is 23.6 Å². The number of carboxylic acids is 1. The Balaban J connectivity index is 0.00000400. The summed E-state index contributed by atoms with van der Waals surface area (Å²) in [4.78, 5) is 61.5. The van der Waals surface area contributed by atoms with Gasteiger partial charge in [-0.3, -0.25) is 19.5 Å². The molecule has 6 heterocycles. The van der Waals surface area contributed by atoms with Gasteiger partial charge in [0.2, 0.25) is 0 Å². The van der Waals surface area contributed by atoms with E-state index in [2.05, 4.69) is 30.4 Å². The average Bonchev–Trinajstić information content (AvgIpc) is 3.79. The van der Waals surface area contributed by atoms with E-state index in [1.807, 2.05) is 28.3 Å². The molecule has 4 aromatic heterocycles. The van der Waals surface area contributed by atoms with Crippen LogP contribution in [0.3, 0.4) is 0 Å². The van der Waals surface area contributed by atoms with Crippen LogP contribution in [-0.2, 0) is 25.8 Å². The summed E-state index contributed by atoms with van der Waals surface area (Å²) in [5.74, 6) is -2.06. The minimum absolute atomic E-state index is 0. The number of amides is 2. The van der Waals surface area contributed by atoms with Gasteiger partial charge in [0.1, 0.15) is 24.2 Å². The van der Waals surface area contributed by atoms with Gasteiger partial charge in [0, 0.05) is 46.4 Å². The second kappa shape index (κ2) is 14.4. The van der Waals surface area contributed by atoms with E-state index in [9.17, 15) is 19.5 Å². The number of β-lactam (4-membered cyclic amide) rings is 1. The fraction of sp³-hybridized carbons (Fsp3) is 0.231. The third-order valence-corrected chi connectivity index (χ3v) is 10.7. The Bertz CT molecular complexity index is 1790. The zero-order valence-electron chi connectivity index (χ0n) is 23.8. The monoisotopic (exact) mass is 691 g/mol. The van der Waals surface area contributed by atoms with Crippen molar-refractivity contribution in [2.75, 3.05) is 24.3 Å². The summed E-state index contributed by atoms with van der Waals surface area (Å²) in [6, 6.07) is 2.84. The number of hydrogen-bond acceptors (Lipinski definition) is 15. The SMILES string of the molecule is CO/N=C(/C(=O)N[C@@H]1C(=O)N2C(C(=O)[O-])=C(CSc3nc(Cn4cnc(-c5cccnc5)c4)cs3)CS[C@H]12)c1csc(N)n1.[Na+]. The van der Waals surface area contributed by atoms with Gasteiger partial charge in [-0.25, -0.2) is 15.0 Å². The van der Waals surface area contributed by atoms with Crippen molar-refractivity contribution in [3.05, 3.63) is 70.5 Å². The number of carbonyl (C=O) groups excluding carboxylic acids is 3. The van der Waals surface area contributed by atoms with Gasteiger partial charge in [-0.15, -0.1) is 34.4 Å². The number of hydrogen-bond donors (Lipinski definition) is 2. The number of nitrogens with zero attached hydrogens (tertiary/aromatic N) is 7. The van der Waals surface area contributed by atoms with Crippen molar-refractivity contribution in [1.82, 2.24) is 34.7 Å². The number of nitrogen functional groups attached to an aromatic ring is 1. The number of aromatic nitrogens is 5. The second-order valence-corrected chi connectivity index (χ2v) is 13.4. The van der Waals surface area contributed by atoms with Crippen molar-refractivity contribution in [2.45, 2.75) is 22.3 Å². The molecular formula is C26H22N9NaO5S4. The van der Waals surface area contributed by atoms with Crippen LogP contribution < -0.4 is 45.7 Å². The average molecular weight is 692 g/mol. The van der Waals surface area contributed by atoms with E-state index < -0.39 is 29.2 Å². The summed E-state index contributed by atoms with van der Waals surface area (Å²) in [7, 11) is 1.28. The molecular weight excluding hydrogens is 670 g/mol. The molecule has 0 spiro atoms. The van der Waals surface area contributed by atoms with Crippen LogP contribution >= 0.6 is 46.2 Å². The number of thioether (sulfide) groups is 2. The molecule has 2 aliphatic heterocycles. The summed E-state index contributed by atoms with van der Waals surface area (Å²) < 4.78 is 2.69. The number of thiazole rings is 2. The molecule has 6 rings (SSSR count). The standard InChI is InChI=1S/C26H23N9O5S4.Na/c1-40-33-18(17-11-42-25(27)31-17)21(36)32-19-22(37)35-20(24(38)39)14(8-41-23(19)35)9-43-26-30-15(10-44-26)6-34-7-16(29-12-34)13-3-2-4-28-5-13;/h2-5,7,10-12,19,23H,6,8-9H2,1H3,(H2,27,31)(H,32,36)(H,38,39);/q;+1/p-1/b33-18+;/t19-,23-;/m1./s1. The molecule has 4 aromatic rings. The quantitative estimate of drug-likeness (QED) is 0.0581. The van der Waals surface area contributed by atoms with E-state index >= 15 is 0 Å². The van der Waals surface area contributed by atoms with Crippen LogP contribution in [0.5, 0.6) is 0 Å². The third-order valence-electron chi connectivity index (χ3n) is 6.53. The van der Waals surface area contributed by atoms with Crippen molar-refractivity contribution in [1.29, 1.82) is 0 Å². The van der Waals surface area contributed by atoms with Crippen molar-refractivity contribution in [3.8, 4) is 11.3 Å². The van der Waals surface area contributed by atoms with Crippen LogP contribution in [0, 0.1) is 0 Å². The van der Waals surface area contributed by atoms with E-state index in [1.54, 1.807) is 24.1 Å². The Morgan fingerprint density at radius 2 is 2.13 bits per heavy atom. The summed E-state index contributed by atoms with van der Waals surface area (Å²) in [6.45, 7) is 0.525. The van der Waals surface area contributed by atoms with Gasteiger partial charge < -0.3 is 30.4 Å². The largest absolute Gasteiger partial charge is 1.00 e. The first-order valence-corrected chi connectivity index (χ1v) is 16.6. The number of carbonyl (C=O) groups is 3. The fourth-order valence-electron chi connectivity index (χ4n) is 4.56. The van der Waals surface area contributed by atoms with Crippen LogP contribution in [-0.4, -0.2) is 82.9 Å². The number of nitrogens with one attached hydrogen (secondary N) is 1. The Morgan fingerprint density at radius 1 is 1.29 bits per heavy atom. The zero-order chi connectivity index (χ0) is 30.8. The number of fused-ring (bicyclic) bond motifs is 1. The van der Waals surface area contributed by atoms with Crippen LogP contribution in [0.2, 0.25) is 0 Å². The van der Waals surface area contributed by atoms with Crippen LogP contribution in [0.25, 0.3) is 11.3 Å². The molecule has 2 aliphatic rings. The molecule has 0 radical (unpaired) electrons. The number of anilines is 1. The third kappa shape index (κ3) is 7.11. The van der Waals surface area contributed by atoms with E-state index in [1.165, 1.54) is 46.9 Å². The fourth-order valence-corrected chi connectivity index (χ4v) is 8.43. The number of aliphatic carboxylic acids is 1. The van der Waals surface area contributed by atoms with Crippen LogP contribution in [0.4, 0.5) is 5.13 Å². The van der Waals surface area contributed by atoms with Gasteiger partial charge in [-0.1, -0.05) is 16.9 Å². The first-order chi connectivity index (χ1) is 21.3. The molecule has 226 valence electrons. The molecule has 0 bridgehead atoms. The van der Waals surface area contributed by atoms with Crippen LogP contribution in [0.15, 0.2) is 68.6 Å². The van der Waals surface area contributed by atoms with Gasteiger partial charge in [-0.2, -0.15) is 0 Å². The first-order valence-electron chi connectivity index (χ1n) is 12.8. The van der Waals surface area contributed by atoms with Gasteiger partial charge in [0.05, 0.1) is 35.9 Å². The molecule has 0 saturated carbocycles. The predicted octanol–water partition coefficient (Wildman–Crippen LogP) is -1.96. The normalized spacial score (nSPS) is 17.8. The molecule has 1 fully saturated rings. The topological polar surface area (TPSA) is 194 Å². The summed E-state index contributed by atoms with van der Waals surface area (Å²) in [6.07, 6.45) is 7.13. The van der Waals surface area contributed by atoms with Gasteiger partial charge in [0.25, 0.3) is 11.8 Å². The number of nitrogens with two attached hydrogens (primary N) is 1. The molecule has 2 amide bonds. The first kappa shape index (κ1) is 33.1. The number of rotatable bonds is 11. The molecule has 3 N–H and O–H groups in total. The molecule has 2 atom stereocenters. The van der Waals surface area contributed by atoms with Crippen molar-refractivity contribution < 1.29 is 53.9 Å². The maximum Gasteiger partial charge on any atom is 1.00 e. The summed E-state index contributed by atoms with van der Waals surface area (Å²) in [5, 5.41) is 21.6. The smallest absolute Gasteiger partial charge is 0.543 e. The number of pyridine rings is 1. The Kier molecular flexibility index (Phi) is 10.6. The number of oxime groups is 1. The Hall–Kier alpha value is -3.26. The summed E-state index contributed by atoms with van der Waals surface area (Å²) >= 11 is 5.32. The van der Waals surface area contributed by atoms with Gasteiger partial charge in [0.15, 0.2) is 15.2 Å². The predicted molar refractivity (Wildman–Crippen MR) is 165 cm³/mol. The van der Waals surface area contributed by atoms with Crippen molar-refractivity contribution in [2.24, 2.45) is 5.16 Å². The molecule has 45 heavy (non-hydrogen) atoms. The molecule has 1 saturated heterocycles. The van der Waals surface area contributed by atoms with Crippen molar-refractivity contribution >= 4 is 74.8 Å². The minimum Gasteiger partial charge on any atom is -0.543 e. The zero-order valence-corrected chi connectivity index (χ0v) is 29.0. The van der Waals surface area contributed by atoms with Crippen LogP contribution in [0.1, 0.15) is 11.4 Å². The van der Waals surface area contributed by atoms with Gasteiger partial charge in [-0.05, 0) is 17.7 Å². The van der Waals surface area contributed by atoms with E-state index in [-0.39, 0.29) is 51.8 Å². The van der Waals surface area contributed by atoms with Crippen molar-refractivity contribution in [3.63, 3.8) is 0 Å². The molecule has 19 heteroatoms. The Morgan fingerprint density at radius 3 is 2.84 bits per heavy atom. The minimum atomic E-state index is -1.45. The molecule has 0 aromatic carbocycles. The summed E-state index contributed by atoms with van der Waals surface area (Å²) in [5.41, 5.74) is 8.67. The molecule has 0 unspecified atom stereocenters. The van der Waals surface area contributed by atoms with E-state index in [0.717, 1.165) is 32.6 Å².